The number of rotatable bonds is 7. The zero-order valence-corrected chi connectivity index (χ0v) is 12.7. The number of aryl methyl sites for hydroxylation is 1. The van der Waals surface area contributed by atoms with Crippen molar-refractivity contribution in [3.8, 4) is 0 Å². The van der Waals surface area contributed by atoms with E-state index in [2.05, 4.69) is 10.0 Å². The average Bonchev–Trinajstić information content (AvgIpc) is 2.44. The highest BCUT2D eigenvalue weighted by molar-refractivity contribution is 7.89. The SMILES string of the molecule is CCNC(=O)CNS(=O)(=O)c1ccc(CC)c(C(=O)O)c1. The lowest BCUT2D eigenvalue weighted by Crippen LogP contribution is -2.36. The second-order valence-corrected chi connectivity index (χ2v) is 6.02. The van der Waals surface area contributed by atoms with Crippen molar-refractivity contribution >= 4 is 21.9 Å². The molecule has 3 N–H and O–H groups in total. The van der Waals surface area contributed by atoms with Crippen molar-refractivity contribution in [1.82, 2.24) is 10.0 Å². The number of carboxylic acids is 1. The van der Waals surface area contributed by atoms with Gasteiger partial charge in [-0.05, 0) is 31.0 Å². The molecule has 0 aromatic heterocycles. The van der Waals surface area contributed by atoms with Crippen molar-refractivity contribution in [3.63, 3.8) is 0 Å². The van der Waals surface area contributed by atoms with Crippen molar-refractivity contribution in [2.75, 3.05) is 13.1 Å². The second kappa shape index (κ2) is 7.19. The Morgan fingerprint density at radius 1 is 1.24 bits per heavy atom. The van der Waals surface area contributed by atoms with Crippen LogP contribution in [0.5, 0.6) is 0 Å². The molecule has 0 bridgehead atoms. The number of hydrogen-bond donors (Lipinski definition) is 3. The smallest absolute Gasteiger partial charge is 0.336 e. The number of amides is 1. The van der Waals surface area contributed by atoms with Crippen LogP contribution in [0.3, 0.4) is 0 Å². The predicted octanol–water partition coefficient (Wildman–Crippen LogP) is 0.362. The maximum Gasteiger partial charge on any atom is 0.336 e. The van der Waals surface area contributed by atoms with Crippen molar-refractivity contribution in [1.29, 1.82) is 0 Å². The van der Waals surface area contributed by atoms with Gasteiger partial charge in [-0.3, -0.25) is 4.79 Å². The minimum Gasteiger partial charge on any atom is -0.478 e. The van der Waals surface area contributed by atoms with Gasteiger partial charge in [-0.1, -0.05) is 13.0 Å². The summed E-state index contributed by atoms with van der Waals surface area (Å²) in [6.07, 6.45) is 0.480. The van der Waals surface area contributed by atoms with E-state index in [0.29, 0.717) is 18.5 Å². The van der Waals surface area contributed by atoms with Crippen molar-refractivity contribution in [2.45, 2.75) is 25.2 Å². The molecule has 0 aliphatic rings. The summed E-state index contributed by atoms with van der Waals surface area (Å²) in [7, 11) is -3.93. The summed E-state index contributed by atoms with van der Waals surface area (Å²) in [5.41, 5.74) is 0.489. The highest BCUT2D eigenvalue weighted by atomic mass is 32.2. The number of sulfonamides is 1. The average molecular weight is 314 g/mol. The number of nitrogens with one attached hydrogen (secondary N) is 2. The van der Waals surface area contributed by atoms with Crippen LogP contribution < -0.4 is 10.0 Å². The largest absolute Gasteiger partial charge is 0.478 e. The van der Waals surface area contributed by atoms with E-state index in [-0.39, 0.29) is 10.5 Å². The van der Waals surface area contributed by atoms with Crippen LogP contribution in [0.2, 0.25) is 0 Å². The Bertz CT molecular complexity index is 640. The topological polar surface area (TPSA) is 113 Å². The lowest BCUT2D eigenvalue weighted by Gasteiger charge is -2.09. The second-order valence-electron chi connectivity index (χ2n) is 4.26. The molecule has 8 heteroatoms. The van der Waals surface area contributed by atoms with Gasteiger partial charge in [-0.2, -0.15) is 0 Å². The number of aromatic carboxylic acids is 1. The van der Waals surface area contributed by atoms with E-state index in [1.165, 1.54) is 12.1 Å². The van der Waals surface area contributed by atoms with Crippen molar-refractivity contribution in [3.05, 3.63) is 29.3 Å². The van der Waals surface area contributed by atoms with Gasteiger partial charge < -0.3 is 10.4 Å². The molecular formula is C13H18N2O5S. The number of likely N-dealkylation sites (N-methyl/N-ethyl adjacent to an activating group) is 1. The van der Waals surface area contributed by atoms with Gasteiger partial charge in [0, 0.05) is 6.54 Å². The molecule has 0 aliphatic heterocycles. The van der Waals surface area contributed by atoms with Gasteiger partial charge in [-0.15, -0.1) is 0 Å². The Morgan fingerprint density at radius 3 is 2.43 bits per heavy atom. The Labute approximate surface area is 123 Å². The monoisotopic (exact) mass is 314 g/mol. The van der Waals surface area contributed by atoms with Gasteiger partial charge in [0.05, 0.1) is 17.0 Å². The highest BCUT2D eigenvalue weighted by Crippen LogP contribution is 2.16. The molecule has 21 heavy (non-hydrogen) atoms. The lowest BCUT2D eigenvalue weighted by atomic mass is 10.1. The number of carbonyl (C=O) groups excluding carboxylic acids is 1. The van der Waals surface area contributed by atoms with E-state index >= 15 is 0 Å². The van der Waals surface area contributed by atoms with E-state index < -0.39 is 28.4 Å². The molecule has 1 aromatic carbocycles. The first-order valence-electron chi connectivity index (χ1n) is 6.44. The van der Waals surface area contributed by atoms with E-state index in [1.807, 2.05) is 0 Å². The Hall–Kier alpha value is -1.93. The molecule has 0 spiro atoms. The third kappa shape index (κ3) is 4.54. The van der Waals surface area contributed by atoms with E-state index in [0.717, 1.165) is 6.07 Å². The van der Waals surface area contributed by atoms with Crippen LogP contribution in [0.4, 0.5) is 0 Å². The zero-order valence-electron chi connectivity index (χ0n) is 11.8. The molecule has 0 atom stereocenters. The summed E-state index contributed by atoms with van der Waals surface area (Å²) in [5, 5.41) is 11.6. The van der Waals surface area contributed by atoms with E-state index in [9.17, 15) is 18.0 Å². The first-order chi connectivity index (χ1) is 9.81. The third-order valence-electron chi connectivity index (χ3n) is 2.80. The summed E-state index contributed by atoms with van der Waals surface area (Å²) < 4.78 is 26.2. The highest BCUT2D eigenvalue weighted by Gasteiger charge is 2.19. The summed E-state index contributed by atoms with van der Waals surface area (Å²) >= 11 is 0. The predicted molar refractivity (Wildman–Crippen MR) is 76.7 cm³/mol. The molecule has 0 saturated heterocycles. The molecule has 0 radical (unpaired) electrons. The zero-order chi connectivity index (χ0) is 16.0. The molecular weight excluding hydrogens is 296 g/mol. The quantitative estimate of drug-likeness (QED) is 0.672. The molecule has 0 saturated carbocycles. The summed E-state index contributed by atoms with van der Waals surface area (Å²) in [5.74, 6) is -1.64. The fourth-order valence-electron chi connectivity index (χ4n) is 1.73. The Kier molecular flexibility index (Phi) is 5.86. The fraction of sp³-hybridized carbons (Fsp3) is 0.385. The van der Waals surface area contributed by atoms with Crippen molar-refractivity contribution in [2.24, 2.45) is 0 Å². The molecule has 1 amide bonds. The Morgan fingerprint density at radius 2 is 1.90 bits per heavy atom. The molecule has 0 unspecified atom stereocenters. The molecule has 1 aromatic rings. The minimum atomic E-state index is -3.93. The maximum atomic E-state index is 12.0. The lowest BCUT2D eigenvalue weighted by molar-refractivity contribution is -0.119. The van der Waals surface area contributed by atoms with Crippen LogP contribution in [0, 0.1) is 0 Å². The molecule has 0 aliphatic carbocycles. The molecule has 0 heterocycles. The molecule has 1 rings (SSSR count). The number of hydrogen-bond acceptors (Lipinski definition) is 4. The fourth-order valence-corrected chi connectivity index (χ4v) is 2.74. The van der Waals surface area contributed by atoms with Gasteiger partial charge in [0.2, 0.25) is 15.9 Å². The van der Waals surface area contributed by atoms with Gasteiger partial charge in [0.1, 0.15) is 0 Å². The van der Waals surface area contributed by atoms with E-state index in [4.69, 9.17) is 5.11 Å². The summed E-state index contributed by atoms with van der Waals surface area (Å²) in [6.45, 7) is 3.50. The number of carboxylic acid groups (broad SMARTS) is 1. The molecule has 0 fully saturated rings. The van der Waals surface area contributed by atoms with Crippen LogP contribution in [0.25, 0.3) is 0 Å². The molecule has 116 valence electrons. The normalized spacial score (nSPS) is 11.1. The molecule has 7 nitrogen and oxygen atoms in total. The first kappa shape index (κ1) is 17.1. The van der Waals surface area contributed by atoms with Crippen LogP contribution in [0.15, 0.2) is 23.1 Å². The Balaban J connectivity index is 3.01. The van der Waals surface area contributed by atoms with Crippen LogP contribution in [-0.2, 0) is 21.2 Å². The first-order valence-corrected chi connectivity index (χ1v) is 7.92. The van der Waals surface area contributed by atoms with Crippen LogP contribution >= 0.6 is 0 Å². The maximum absolute atomic E-state index is 12.0. The van der Waals surface area contributed by atoms with Gasteiger partial charge >= 0.3 is 5.97 Å². The summed E-state index contributed by atoms with van der Waals surface area (Å²) in [6, 6.07) is 3.89. The van der Waals surface area contributed by atoms with Crippen LogP contribution in [-0.4, -0.2) is 38.5 Å². The minimum absolute atomic E-state index is 0.0571. The standard InChI is InChI=1S/C13H18N2O5S/c1-3-9-5-6-10(7-11(9)13(17)18)21(19,20)15-8-12(16)14-4-2/h5-7,15H,3-4,8H2,1-2H3,(H,14,16)(H,17,18). The van der Waals surface area contributed by atoms with Crippen LogP contribution in [0.1, 0.15) is 29.8 Å². The van der Waals surface area contributed by atoms with Gasteiger partial charge in [-0.25, -0.2) is 17.9 Å². The van der Waals surface area contributed by atoms with E-state index in [1.54, 1.807) is 13.8 Å². The van der Waals surface area contributed by atoms with Crippen molar-refractivity contribution < 1.29 is 23.1 Å². The number of benzene rings is 1. The van der Waals surface area contributed by atoms with Gasteiger partial charge in [0.25, 0.3) is 0 Å². The third-order valence-corrected chi connectivity index (χ3v) is 4.20. The number of carbonyl (C=O) groups is 2. The van der Waals surface area contributed by atoms with Gasteiger partial charge in [0.15, 0.2) is 0 Å². The summed E-state index contributed by atoms with van der Waals surface area (Å²) in [4.78, 5) is 22.2.